The third kappa shape index (κ3) is 2.26. The summed E-state index contributed by atoms with van der Waals surface area (Å²) in [7, 11) is 3.61. The van der Waals surface area contributed by atoms with E-state index in [0.29, 0.717) is 0 Å². The number of aryl methyl sites for hydroxylation is 1. The number of nitrogens with two attached hydrogens (primary N) is 1. The molecule has 5 nitrogen and oxygen atoms in total. The number of rotatable bonds is 6. The molecule has 0 fully saturated rings. The van der Waals surface area contributed by atoms with Gasteiger partial charge in [0.25, 0.3) is 0 Å². The van der Waals surface area contributed by atoms with Gasteiger partial charge in [0.15, 0.2) is 0 Å². The molecular formula is C11H22N4O. The molecule has 1 atom stereocenters. The molecule has 0 saturated heterocycles. The zero-order valence-electron chi connectivity index (χ0n) is 10.5. The van der Waals surface area contributed by atoms with Crippen molar-refractivity contribution in [3.63, 3.8) is 0 Å². The molecule has 1 aromatic rings. The highest BCUT2D eigenvalue weighted by Gasteiger charge is 2.37. The van der Waals surface area contributed by atoms with Crippen LogP contribution in [0.2, 0.25) is 0 Å². The molecule has 0 aliphatic heterocycles. The fourth-order valence-corrected chi connectivity index (χ4v) is 2.16. The summed E-state index contributed by atoms with van der Waals surface area (Å²) in [6, 6.07) is 1.87. The Hall–Kier alpha value is -0.910. The zero-order chi connectivity index (χ0) is 12.2. The van der Waals surface area contributed by atoms with Crippen LogP contribution in [0.25, 0.3) is 0 Å². The van der Waals surface area contributed by atoms with Crippen LogP contribution < -0.4 is 11.3 Å². The maximum absolute atomic E-state index is 5.66. The smallest absolute Gasteiger partial charge is 0.0939 e. The first-order chi connectivity index (χ1) is 7.63. The molecule has 0 aliphatic rings. The number of hydrogen-bond donors (Lipinski definition) is 2. The summed E-state index contributed by atoms with van der Waals surface area (Å²) >= 11 is 0. The molecule has 0 radical (unpaired) electrons. The summed E-state index contributed by atoms with van der Waals surface area (Å²) < 4.78 is 7.43. The molecule has 1 rings (SSSR count). The van der Waals surface area contributed by atoms with Crippen LogP contribution in [0.1, 0.15) is 38.4 Å². The Bertz CT molecular complexity index is 311. The lowest BCUT2D eigenvalue weighted by molar-refractivity contribution is -0.0498. The van der Waals surface area contributed by atoms with Gasteiger partial charge in [-0.15, -0.1) is 0 Å². The molecular weight excluding hydrogens is 204 g/mol. The molecule has 5 heteroatoms. The van der Waals surface area contributed by atoms with Crippen LogP contribution >= 0.6 is 0 Å². The van der Waals surface area contributed by atoms with Gasteiger partial charge in [-0.1, -0.05) is 13.8 Å². The predicted molar refractivity (Wildman–Crippen MR) is 63.6 cm³/mol. The number of hydrogen-bond acceptors (Lipinski definition) is 4. The fourth-order valence-electron chi connectivity index (χ4n) is 2.16. The van der Waals surface area contributed by atoms with E-state index in [0.717, 1.165) is 18.5 Å². The van der Waals surface area contributed by atoms with E-state index in [2.05, 4.69) is 24.4 Å². The molecule has 1 unspecified atom stereocenters. The van der Waals surface area contributed by atoms with E-state index in [1.54, 1.807) is 11.8 Å². The Morgan fingerprint density at radius 3 is 2.50 bits per heavy atom. The van der Waals surface area contributed by atoms with Gasteiger partial charge in [0.2, 0.25) is 0 Å². The molecule has 1 aromatic heterocycles. The monoisotopic (exact) mass is 226 g/mol. The van der Waals surface area contributed by atoms with Gasteiger partial charge in [-0.05, 0) is 18.9 Å². The van der Waals surface area contributed by atoms with E-state index in [1.165, 1.54) is 0 Å². The normalized spacial score (nSPS) is 14.1. The molecule has 16 heavy (non-hydrogen) atoms. The van der Waals surface area contributed by atoms with E-state index >= 15 is 0 Å². The van der Waals surface area contributed by atoms with Crippen LogP contribution in [0.15, 0.2) is 12.3 Å². The van der Waals surface area contributed by atoms with E-state index < -0.39 is 0 Å². The SMILES string of the molecule is CCC(CC)(OC)C(NN)c1ccn(C)n1. The van der Waals surface area contributed by atoms with Crippen molar-refractivity contribution in [1.29, 1.82) is 0 Å². The first-order valence-electron chi connectivity index (χ1n) is 5.64. The Balaban J connectivity index is 3.04. The Labute approximate surface area is 96.9 Å². The van der Waals surface area contributed by atoms with Gasteiger partial charge in [-0.25, -0.2) is 5.43 Å². The molecule has 1 heterocycles. The maximum atomic E-state index is 5.66. The van der Waals surface area contributed by atoms with Crippen LogP contribution in [0, 0.1) is 0 Å². The van der Waals surface area contributed by atoms with Crippen molar-refractivity contribution in [3.05, 3.63) is 18.0 Å². The Morgan fingerprint density at radius 1 is 1.56 bits per heavy atom. The number of nitrogens with one attached hydrogen (secondary N) is 1. The topological polar surface area (TPSA) is 65.1 Å². The average molecular weight is 226 g/mol. The maximum Gasteiger partial charge on any atom is 0.0939 e. The second-order valence-corrected chi connectivity index (χ2v) is 3.99. The minimum atomic E-state index is -0.302. The second kappa shape index (κ2) is 5.43. The summed E-state index contributed by atoms with van der Waals surface area (Å²) in [5.41, 5.74) is 3.43. The highest BCUT2D eigenvalue weighted by Crippen LogP contribution is 2.33. The number of hydrazine groups is 1. The average Bonchev–Trinajstić information content (AvgIpc) is 2.72. The third-order valence-corrected chi connectivity index (χ3v) is 3.33. The van der Waals surface area contributed by atoms with Gasteiger partial charge in [0.1, 0.15) is 0 Å². The second-order valence-electron chi connectivity index (χ2n) is 3.99. The van der Waals surface area contributed by atoms with E-state index in [4.69, 9.17) is 10.6 Å². The predicted octanol–water partition coefficient (Wildman–Crippen LogP) is 1.13. The molecule has 0 saturated carbocycles. The molecule has 92 valence electrons. The molecule has 0 aromatic carbocycles. The van der Waals surface area contributed by atoms with Crippen LogP contribution in [0.3, 0.4) is 0 Å². The number of methoxy groups -OCH3 is 1. The molecule has 3 N–H and O–H groups in total. The summed E-state index contributed by atoms with van der Waals surface area (Å²) in [6.07, 6.45) is 3.67. The van der Waals surface area contributed by atoms with Crippen molar-refractivity contribution in [2.45, 2.75) is 38.3 Å². The van der Waals surface area contributed by atoms with Gasteiger partial charge in [0, 0.05) is 20.4 Å². The summed E-state index contributed by atoms with van der Waals surface area (Å²) in [6.45, 7) is 4.20. The van der Waals surface area contributed by atoms with Crippen LogP contribution in [-0.4, -0.2) is 22.5 Å². The minimum absolute atomic E-state index is 0.0892. The van der Waals surface area contributed by atoms with Crippen molar-refractivity contribution in [3.8, 4) is 0 Å². The quantitative estimate of drug-likeness (QED) is 0.564. The molecule has 0 amide bonds. The van der Waals surface area contributed by atoms with E-state index in [1.807, 2.05) is 19.3 Å². The Morgan fingerprint density at radius 2 is 2.19 bits per heavy atom. The zero-order valence-corrected chi connectivity index (χ0v) is 10.5. The summed E-state index contributed by atoms with van der Waals surface area (Å²) in [4.78, 5) is 0. The largest absolute Gasteiger partial charge is 0.376 e. The van der Waals surface area contributed by atoms with E-state index in [-0.39, 0.29) is 11.6 Å². The van der Waals surface area contributed by atoms with Gasteiger partial charge in [-0.3, -0.25) is 10.5 Å². The number of ether oxygens (including phenoxy) is 1. The van der Waals surface area contributed by atoms with Crippen molar-refractivity contribution in [1.82, 2.24) is 15.2 Å². The number of nitrogens with zero attached hydrogens (tertiary/aromatic N) is 2. The van der Waals surface area contributed by atoms with Crippen molar-refractivity contribution in [2.24, 2.45) is 12.9 Å². The highest BCUT2D eigenvalue weighted by atomic mass is 16.5. The summed E-state index contributed by atoms with van der Waals surface area (Å²) in [5, 5.41) is 4.39. The van der Waals surface area contributed by atoms with Crippen LogP contribution in [-0.2, 0) is 11.8 Å². The minimum Gasteiger partial charge on any atom is -0.376 e. The standard InChI is InChI=1S/C11H22N4O/c1-5-11(6-2,16-4)10(13-12)9-7-8-15(3)14-9/h7-8,10,13H,5-6,12H2,1-4H3. The van der Waals surface area contributed by atoms with Gasteiger partial charge < -0.3 is 4.74 Å². The Kier molecular flexibility index (Phi) is 4.46. The lowest BCUT2D eigenvalue weighted by atomic mass is 9.86. The molecule has 0 spiro atoms. The van der Waals surface area contributed by atoms with E-state index in [9.17, 15) is 0 Å². The fraction of sp³-hybridized carbons (Fsp3) is 0.727. The molecule has 0 aliphatic carbocycles. The highest BCUT2D eigenvalue weighted by molar-refractivity contribution is 5.11. The van der Waals surface area contributed by atoms with Crippen LogP contribution in [0.5, 0.6) is 0 Å². The lowest BCUT2D eigenvalue weighted by Gasteiger charge is -2.37. The molecule has 0 bridgehead atoms. The number of aromatic nitrogens is 2. The van der Waals surface area contributed by atoms with Crippen molar-refractivity contribution in [2.75, 3.05) is 7.11 Å². The van der Waals surface area contributed by atoms with Crippen LogP contribution in [0.4, 0.5) is 0 Å². The lowest BCUT2D eigenvalue weighted by Crippen LogP contribution is -2.47. The van der Waals surface area contributed by atoms with Gasteiger partial charge >= 0.3 is 0 Å². The van der Waals surface area contributed by atoms with Gasteiger partial charge in [-0.2, -0.15) is 5.10 Å². The first kappa shape index (κ1) is 13.2. The summed E-state index contributed by atoms with van der Waals surface area (Å²) in [5.74, 6) is 5.65. The van der Waals surface area contributed by atoms with Gasteiger partial charge in [0.05, 0.1) is 17.3 Å². The van der Waals surface area contributed by atoms with Crippen molar-refractivity contribution >= 4 is 0 Å². The first-order valence-corrected chi connectivity index (χ1v) is 5.64. The van der Waals surface area contributed by atoms with Crippen molar-refractivity contribution < 1.29 is 4.74 Å². The third-order valence-electron chi connectivity index (χ3n) is 3.33.